The molecule has 17 heavy (non-hydrogen) atoms. The minimum atomic E-state index is -3.80. The van der Waals surface area contributed by atoms with Crippen molar-refractivity contribution in [2.24, 2.45) is 17.8 Å². The molecule has 1 aliphatic heterocycles. The quantitative estimate of drug-likeness (QED) is 0.597. The van der Waals surface area contributed by atoms with Gasteiger partial charge in [0.1, 0.15) is 12.2 Å². The normalized spacial score (nSPS) is 42.8. The van der Waals surface area contributed by atoms with E-state index < -0.39 is 23.4 Å². The van der Waals surface area contributed by atoms with Crippen molar-refractivity contribution in [1.29, 1.82) is 0 Å². The molecule has 7 heteroatoms. The van der Waals surface area contributed by atoms with Crippen molar-refractivity contribution < 1.29 is 27.8 Å². The molecule has 5 atom stereocenters. The van der Waals surface area contributed by atoms with Crippen molar-refractivity contribution in [2.75, 3.05) is 0 Å². The van der Waals surface area contributed by atoms with Crippen LogP contribution in [-0.4, -0.2) is 29.4 Å². The van der Waals surface area contributed by atoms with Gasteiger partial charge in [-0.3, -0.25) is 4.79 Å². The first-order chi connectivity index (χ1) is 7.88. The fourth-order valence-corrected chi connectivity index (χ4v) is 3.31. The SMILES string of the molecule is O=C1OC2C3CC(CC13)C2OC(=O)C(F)(F)S. The molecular weight excluding hydrogens is 254 g/mol. The maximum absolute atomic E-state index is 12.6. The van der Waals surface area contributed by atoms with Crippen molar-refractivity contribution in [2.45, 2.75) is 30.3 Å². The van der Waals surface area contributed by atoms with Gasteiger partial charge in [0, 0.05) is 11.8 Å². The summed E-state index contributed by atoms with van der Waals surface area (Å²) >= 11 is 2.86. The van der Waals surface area contributed by atoms with Crippen LogP contribution in [0.1, 0.15) is 12.8 Å². The largest absolute Gasteiger partial charge is 0.458 e. The minimum absolute atomic E-state index is 0.0267. The molecule has 0 N–H and O–H groups in total. The van der Waals surface area contributed by atoms with Gasteiger partial charge in [-0.1, -0.05) is 12.6 Å². The molecule has 1 saturated heterocycles. The smallest absolute Gasteiger partial charge is 0.388 e. The predicted octanol–water partition coefficient (Wildman–Crippen LogP) is 1.00. The van der Waals surface area contributed by atoms with Gasteiger partial charge < -0.3 is 9.47 Å². The number of fused-ring (bicyclic) bond motifs is 1. The summed E-state index contributed by atoms with van der Waals surface area (Å²) in [5.41, 5.74) is 0. The van der Waals surface area contributed by atoms with Crippen LogP contribution >= 0.6 is 12.6 Å². The molecule has 2 aliphatic carbocycles. The molecule has 94 valence electrons. The fourth-order valence-electron chi connectivity index (χ4n) is 3.26. The molecule has 2 bridgehead atoms. The number of alkyl halides is 2. The summed E-state index contributed by atoms with van der Waals surface area (Å²) in [6.07, 6.45) is 0.00637. The lowest BCUT2D eigenvalue weighted by Crippen LogP contribution is -2.39. The number of hydrogen-bond donors (Lipinski definition) is 1. The number of ether oxygens (including phenoxy) is 2. The summed E-state index contributed by atoms with van der Waals surface area (Å²) in [7, 11) is 0. The second kappa shape index (κ2) is 3.34. The minimum Gasteiger partial charge on any atom is -0.458 e. The maximum Gasteiger partial charge on any atom is 0.388 e. The Morgan fingerprint density at radius 2 is 2.18 bits per heavy atom. The zero-order chi connectivity index (χ0) is 12.4. The van der Waals surface area contributed by atoms with Crippen molar-refractivity contribution in [1.82, 2.24) is 0 Å². The molecular formula is C10H10F2O4S. The monoisotopic (exact) mass is 264 g/mol. The van der Waals surface area contributed by atoms with E-state index in [1.54, 1.807) is 0 Å². The highest BCUT2D eigenvalue weighted by Gasteiger charge is 2.63. The van der Waals surface area contributed by atoms with Gasteiger partial charge in [-0.25, -0.2) is 4.79 Å². The number of hydrogen-bond acceptors (Lipinski definition) is 5. The highest BCUT2D eigenvalue weighted by atomic mass is 32.1. The third kappa shape index (κ3) is 1.55. The standard InChI is InChI=1S/C10H10F2O4S/c11-10(12,17)9(14)16-6-3-1-4-5(2-3)8(13)15-7(4)6/h3-7,17H,1-2H2. The molecule has 0 spiro atoms. The summed E-state index contributed by atoms with van der Waals surface area (Å²) < 4.78 is 35.0. The second-order valence-corrected chi connectivity index (χ2v) is 5.38. The Labute approximate surface area is 101 Å². The van der Waals surface area contributed by atoms with Crippen LogP contribution in [0.3, 0.4) is 0 Å². The first kappa shape index (κ1) is 11.3. The number of thiol groups is 1. The molecule has 3 fully saturated rings. The zero-order valence-electron chi connectivity index (χ0n) is 8.64. The van der Waals surface area contributed by atoms with Crippen molar-refractivity contribution >= 4 is 24.6 Å². The Morgan fingerprint density at radius 3 is 2.82 bits per heavy atom. The molecule has 1 heterocycles. The van der Waals surface area contributed by atoms with Crippen LogP contribution in [-0.2, 0) is 19.1 Å². The molecule has 0 radical (unpaired) electrons. The predicted molar refractivity (Wildman–Crippen MR) is 53.4 cm³/mol. The number of esters is 2. The van der Waals surface area contributed by atoms with E-state index >= 15 is 0 Å². The molecule has 5 unspecified atom stereocenters. The van der Waals surface area contributed by atoms with E-state index in [-0.39, 0.29) is 23.7 Å². The van der Waals surface area contributed by atoms with Gasteiger partial charge in [-0.05, 0) is 12.8 Å². The van der Waals surface area contributed by atoms with Crippen LogP contribution in [0.15, 0.2) is 0 Å². The first-order valence-corrected chi connectivity index (χ1v) is 5.84. The van der Waals surface area contributed by atoms with Gasteiger partial charge in [-0.15, -0.1) is 0 Å². The number of halogens is 2. The van der Waals surface area contributed by atoms with Gasteiger partial charge in [0.15, 0.2) is 0 Å². The van der Waals surface area contributed by atoms with Crippen LogP contribution in [0.25, 0.3) is 0 Å². The Kier molecular flexibility index (Phi) is 2.21. The Balaban J connectivity index is 1.75. The van der Waals surface area contributed by atoms with E-state index in [9.17, 15) is 18.4 Å². The third-order valence-corrected chi connectivity index (χ3v) is 4.09. The van der Waals surface area contributed by atoms with Gasteiger partial charge in [0.25, 0.3) is 0 Å². The Morgan fingerprint density at radius 1 is 1.47 bits per heavy atom. The number of carbonyl (C=O) groups excluding carboxylic acids is 2. The number of rotatable bonds is 2. The van der Waals surface area contributed by atoms with Gasteiger partial charge >= 0.3 is 17.2 Å². The molecule has 0 aromatic carbocycles. The van der Waals surface area contributed by atoms with E-state index in [1.807, 2.05) is 0 Å². The van der Waals surface area contributed by atoms with Crippen molar-refractivity contribution in [3.63, 3.8) is 0 Å². The fraction of sp³-hybridized carbons (Fsp3) is 0.800. The highest BCUT2D eigenvalue weighted by Crippen LogP contribution is 2.55. The molecule has 3 rings (SSSR count). The summed E-state index contributed by atoms with van der Waals surface area (Å²) in [6.45, 7) is 0. The van der Waals surface area contributed by atoms with E-state index in [1.165, 1.54) is 0 Å². The molecule has 3 aliphatic rings. The van der Waals surface area contributed by atoms with Crippen molar-refractivity contribution in [3.8, 4) is 0 Å². The molecule has 0 amide bonds. The second-order valence-electron chi connectivity index (χ2n) is 4.81. The highest BCUT2D eigenvalue weighted by molar-refractivity contribution is 7.82. The average Bonchev–Trinajstić information content (AvgIpc) is 2.80. The third-order valence-electron chi connectivity index (χ3n) is 3.90. The summed E-state index contributed by atoms with van der Waals surface area (Å²) in [4.78, 5) is 22.5. The Hall–Kier alpha value is -0.850. The van der Waals surface area contributed by atoms with E-state index in [2.05, 4.69) is 12.6 Å². The summed E-state index contributed by atoms with van der Waals surface area (Å²) in [5, 5.41) is -3.80. The van der Waals surface area contributed by atoms with E-state index in [0.717, 1.165) is 0 Å². The summed E-state index contributed by atoms with van der Waals surface area (Å²) in [5.74, 6) is -2.10. The zero-order valence-corrected chi connectivity index (χ0v) is 9.53. The molecule has 0 aromatic heterocycles. The van der Waals surface area contributed by atoms with Crippen LogP contribution in [0, 0.1) is 17.8 Å². The lowest BCUT2D eigenvalue weighted by molar-refractivity contribution is -0.175. The summed E-state index contributed by atoms with van der Waals surface area (Å²) in [6, 6.07) is 0. The lowest BCUT2D eigenvalue weighted by atomic mass is 9.88. The van der Waals surface area contributed by atoms with Crippen LogP contribution in [0.5, 0.6) is 0 Å². The van der Waals surface area contributed by atoms with Crippen LogP contribution in [0.2, 0.25) is 0 Å². The van der Waals surface area contributed by atoms with E-state index in [0.29, 0.717) is 12.8 Å². The van der Waals surface area contributed by atoms with E-state index in [4.69, 9.17) is 9.47 Å². The molecule has 0 aromatic rings. The van der Waals surface area contributed by atoms with Crippen LogP contribution < -0.4 is 0 Å². The number of carbonyl (C=O) groups is 2. The topological polar surface area (TPSA) is 52.6 Å². The first-order valence-electron chi connectivity index (χ1n) is 5.39. The van der Waals surface area contributed by atoms with Gasteiger partial charge in [0.05, 0.1) is 5.92 Å². The molecule has 2 saturated carbocycles. The van der Waals surface area contributed by atoms with Gasteiger partial charge in [0.2, 0.25) is 0 Å². The average molecular weight is 264 g/mol. The maximum atomic E-state index is 12.6. The van der Waals surface area contributed by atoms with Crippen molar-refractivity contribution in [3.05, 3.63) is 0 Å². The lowest BCUT2D eigenvalue weighted by Gasteiger charge is -2.26. The van der Waals surface area contributed by atoms with Gasteiger partial charge in [-0.2, -0.15) is 8.78 Å². The van der Waals surface area contributed by atoms with Crippen LogP contribution in [0.4, 0.5) is 8.78 Å². The molecule has 4 nitrogen and oxygen atoms in total. The Bertz CT molecular complexity index is 394.